The summed E-state index contributed by atoms with van der Waals surface area (Å²) in [5.41, 5.74) is 1.52. The van der Waals surface area contributed by atoms with Crippen LogP contribution in [0.25, 0.3) is 0 Å². The van der Waals surface area contributed by atoms with Crippen LogP contribution >= 0.6 is 0 Å². The molecule has 1 unspecified atom stereocenters. The van der Waals surface area contributed by atoms with Gasteiger partial charge in [-0.1, -0.05) is 44.2 Å². The fraction of sp³-hybridized carbons (Fsp3) is 0.625. The SMILES string of the molecule is CCC(C)(CNC1CC1)COCc1ccccc1. The largest absolute Gasteiger partial charge is 0.376 e. The first kappa shape index (κ1) is 13.6. The van der Waals surface area contributed by atoms with E-state index in [2.05, 4.69) is 43.4 Å². The molecule has 18 heavy (non-hydrogen) atoms. The summed E-state index contributed by atoms with van der Waals surface area (Å²) in [5, 5.41) is 3.62. The second-order valence-electron chi connectivity index (χ2n) is 5.80. The van der Waals surface area contributed by atoms with Gasteiger partial charge in [-0.2, -0.15) is 0 Å². The van der Waals surface area contributed by atoms with E-state index in [1.165, 1.54) is 18.4 Å². The molecule has 0 aliphatic heterocycles. The van der Waals surface area contributed by atoms with Gasteiger partial charge < -0.3 is 10.1 Å². The van der Waals surface area contributed by atoms with E-state index >= 15 is 0 Å². The number of ether oxygens (including phenoxy) is 1. The Morgan fingerprint density at radius 1 is 1.28 bits per heavy atom. The first-order valence-corrected chi connectivity index (χ1v) is 7.07. The maximum absolute atomic E-state index is 5.89. The maximum Gasteiger partial charge on any atom is 0.0717 e. The molecule has 0 radical (unpaired) electrons. The summed E-state index contributed by atoms with van der Waals surface area (Å²) in [5.74, 6) is 0. The van der Waals surface area contributed by atoms with Gasteiger partial charge >= 0.3 is 0 Å². The predicted molar refractivity (Wildman–Crippen MR) is 75.5 cm³/mol. The lowest BCUT2D eigenvalue weighted by molar-refractivity contribution is 0.0399. The molecule has 0 heterocycles. The zero-order valence-electron chi connectivity index (χ0n) is 11.6. The number of rotatable bonds is 8. The smallest absolute Gasteiger partial charge is 0.0717 e. The van der Waals surface area contributed by atoms with Crippen molar-refractivity contribution in [3.8, 4) is 0 Å². The van der Waals surface area contributed by atoms with Crippen molar-refractivity contribution in [3.05, 3.63) is 35.9 Å². The molecule has 1 atom stereocenters. The molecule has 2 rings (SSSR count). The summed E-state index contributed by atoms with van der Waals surface area (Å²) in [6.07, 6.45) is 3.86. The van der Waals surface area contributed by atoms with Crippen molar-refractivity contribution in [2.24, 2.45) is 5.41 Å². The van der Waals surface area contributed by atoms with Gasteiger partial charge in [-0.25, -0.2) is 0 Å². The molecule has 2 heteroatoms. The normalized spacial score (nSPS) is 18.6. The Morgan fingerprint density at radius 2 is 2.00 bits per heavy atom. The predicted octanol–water partition coefficient (Wildman–Crippen LogP) is 3.37. The van der Waals surface area contributed by atoms with Crippen molar-refractivity contribution < 1.29 is 4.74 Å². The topological polar surface area (TPSA) is 21.3 Å². The Labute approximate surface area is 111 Å². The maximum atomic E-state index is 5.89. The summed E-state index contributed by atoms with van der Waals surface area (Å²) >= 11 is 0. The van der Waals surface area contributed by atoms with Gasteiger partial charge in [0.1, 0.15) is 0 Å². The molecule has 2 nitrogen and oxygen atoms in total. The zero-order valence-corrected chi connectivity index (χ0v) is 11.6. The van der Waals surface area contributed by atoms with Crippen LogP contribution in [0.4, 0.5) is 0 Å². The van der Waals surface area contributed by atoms with E-state index in [1.54, 1.807) is 0 Å². The lowest BCUT2D eigenvalue weighted by Crippen LogP contribution is -2.36. The summed E-state index contributed by atoms with van der Waals surface area (Å²) in [6, 6.07) is 11.2. The van der Waals surface area contributed by atoms with Gasteiger partial charge in [0.05, 0.1) is 13.2 Å². The second kappa shape index (κ2) is 6.35. The average Bonchev–Trinajstić information content (AvgIpc) is 3.22. The number of hydrogen-bond donors (Lipinski definition) is 1. The Balaban J connectivity index is 1.71. The van der Waals surface area contributed by atoms with E-state index < -0.39 is 0 Å². The van der Waals surface area contributed by atoms with Crippen molar-refractivity contribution >= 4 is 0 Å². The van der Waals surface area contributed by atoms with Gasteiger partial charge in [0.25, 0.3) is 0 Å². The first-order chi connectivity index (χ1) is 8.72. The van der Waals surface area contributed by atoms with Crippen molar-refractivity contribution in [1.82, 2.24) is 5.32 Å². The molecule has 1 N–H and O–H groups in total. The molecule has 0 amide bonds. The van der Waals surface area contributed by atoms with Crippen LogP contribution in [0.15, 0.2) is 30.3 Å². The highest BCUT2D eigenvalue weighted by atomic mass is 16.5. The zero-order chi connectivity index (χ0) is 12.8. The van der Waals surface area contributed by atoms with Crippen LogP contribution in [0.1, 0.15) is 38.7 Å². The lowest BCUT2D eigenvalue weighted by atomic mass is 9.88. The third-order valence-electron chi connectivity index (χ3n) is 3.81. The van der Waals surface area contributed by atoms with E-state index in [4.69, 9.17) is 4.74 Å². The molecule has 1 aromatic carbocycles. The molecule has 0 aromatic heterocycles. The van der Waals surface area contributed by atoms with Gasteiger partial charge in [-0.15, -0.1) is 0 Å². The Kier molecular flexibility index (Phi) is 4.79. The minimum Gasteiger partial charge on any atom is -0.376 e. The van der Waals surface area contributed by atoms with Crippen LogP contribution in [0.2, 0.25) is 0 Å². The molecule has 0 bridgehead atoms. The molecular formula is C16H25NO. The monoisotopic (exact) mass is 247 g/mol. The molecule has 1 fully saturated rings. The van der Waals surface area contributed by atoms with Crippen LogP contribution < -0.4 is 5.32 Å². The highest BCUT2D eigenvalue weighted by Gasteiger charge is 2.27. The fourth-order valence-corrected chi connectivity index (χ4v) is 1.95. The average molecular weight is 247 g/mol. The highest BCUT2D eigenvalue weighted by Crippen LogP contribution is 2.25. The number of nitrogens with one attached hydrogen (secondary N) is 1. The fourth-order valence-electron chi connectivity index (χ4n) is 1.95. The van der Waals surface area contributed by atoms with E-state index in [9.17, 15) is 0 Å². The van der Waals surface area contributed by atoms with Gasteiger partial charge in [0.15, 0.2) is 0 Å². The molecule has 0 saturated heterocycles. The summed E-state index contributed by atoms with van der Waals surface area (Å²) in [6.45, 7) is 7.19. The van der Waals surface area contributed by atoms with Gasteiger partial charge in [-0.05, 0) is 24.8 Å². The Morgan fingerprint density at radius 3 is 2.61 bits per heavy atom. The van der Waals surface area contributed by atoms with Crippen LogP contribution in [0.3, 0.4) is 0 Å². The molecule has 1 aromatic rings. The van der Waals surface area contributed by atoms with Crippen LogP contribution in [0, 0.1) is 5.41 Å². The van der Waals surface area contributed by atoms with E-state index in [1.807, 2.05) is 6.07 Å². The quantitative estimate of drug-likeness (QED) is 0.760. The minimum atomic E-state index is 0.261. The Bertz CT molecular complexity index is 347. The molecular weight excluding hydrogens is 222 g/mol. The van der Waals surface area contributed by atoms with Crippen molar-refractivity contribution in [2.75, 3.05) is 13.2 Å². The summed E-state index contributed by atoms with van der Waals surface area (Å²) < 4.78 is 5.89. The van der Waals surface area contributed by atoms with Crippen molar-refractivity contribution in [3.63, 3.8) is 0 Å². The summed E-state index contributed by atoms with van der Waals surface area (Å²) in [4.78, 5) is 0. The van der Waals surface area contributed by atoms with Crippen molar-refractivity contribution in [2.45, 2.75) is 45.8 Å². The second-order valence-corrected chi connectivity index (χ2v) is 5.80. The highest BCUT2D eigenvalue weighted by molar-refractivity contribution is 5.13. The van der Waals surface area contributed by atoms with E-state index in [0.717, 1.165) is 32.2 Å². The van der Waals surface area contributed by atoms with E-state index in [-0.39, 0.29) is 5.41 Å². The third-order valence-corrected chi connectivity index (χ3v) is 3.81. The molecule has 1 aliphatic rings. The van der Waals surface area contributed by atoms with Gasteiger partial charge in [0.2, 0.25) is 0 Å². The lowest BCUT2D eigenvalue weighted by Gasteiger charge is -2.28. The number of benzene rings is 1. The molecule has 100 valence electrons. The summed E-state index contributed by atoms with van der Waals surface area (Å²) in [7, 11) is 0. The first-order valence-electron chi connectivity index (χ1n) is 7.07. The van der Waals surface area contributed by atoms with Crippen LogP contribution in [-0.4, -0.2) is 19.2 Å². The van der Waals surface area contributed by atoms with E-state index in [0.29, 0.717) is 0 Å². The van der Waals surface area contributed by atoms with Crippen LogP contribution in [0.5, 0.6) is 0 Å². The van der Waals surface area contributed by atoms with Gasteiger partial charge in [0, 0.05) is 18.0 Å². The molecule has 1 saturated carbocycles. The van der Waals surface area contributed by atoms with Crippen molar-refractivity contribution in [1.29, 1.82) is 0 Å². The van der Waals surface area contributed by atoms with Crippen LogP contribution in [-0.2, 0) is 11.3 Å². The minimum absolute atomic E-state index is 0.261. The van der Waals surface area contributed by atoms with Gasteiger partial charge in [-0.3, -0.25) is 0 Å². The number of hydrogen-bond acceptors (Lipinski definition) is 2. The standard InChI is InChI=1S/C16H25NO/c1-3-16(2,12-17-15-9-10-15)13-18-11-14-7-5-4-6-8-14/h4-8,15,17H,3,9-13H2,1-2H3. The molecule has 1 aliphatic carbocycles. The third kappa shape index (κ3) is 4.43. The Hall–Kier alpha value is -0.860. The molecule has 0 spiro atoms.